The molecule has 4 nitrogen and oxygen atoms in total. The van der Waals surface area contributed by atoms with E-state index < -0.39 is 0 Å². The van der Waals surface area contributed by atoms with E-state index in [4.69, 9.17) is 15.9 Å². The lowest BCUT2D eigenvalue weighted by atomic mass is 9.94. The van der Waals surface area contributed by atoms with Crippen molar-refractivity contribution in [2.45, 2.75) is 32.7 Å². The lowest BCUT2D eigenvalue weighted by Crippen LogP contribution is -2.33. The number of likely N-dealkylation sites (tertiary alicyclic amines) is 1. The highest BCUT2D eigenvalue weighted by atomic mass is 16.5. The second-order valence-corrected chi connectivity index (χ2v) is 5.57. The first-order chi connectivity index (χ1) is 9.63. The van der Waals surface area contributed by atoms with Crippen molar-refractivity contribution in [3.05, 3.63) is 29.3 Å². The molecular formula is C16H25N3O. The predicted octanol–water partition coefficient (Wildman–Crippen LogP) is 2.60. The first-order valence-corrected chi connectivity index (χ1v) is 7.37. The zero-order chi connectivity index (χ0) is 14.5. The molecule has 0 radical (unpaired) electrons. The van der Waals surface area contributed by atoms with Crippen LogP contribution < -0.4 is 10.5 Å². The summed E-state index contributed by atoms with van der Waals surface area (Å²) in [5.74, 6) is 1.88. The summed E-state index contributed by atoms with van der Waals surface area (Å²) in [6, 6.07) is 5.73. The number of methoxy groups -OCH3 is 1. The second kappa shape index (κ2) is 6.75. The van der Waals surface area contributed by atoms with Crippen molar-refractivity contribution in [3.8, 4) is 5.75 Å². The first-order valence-electron chi connectivity index (χ1n) is 7.37. The molecule has 0 amide bonds. The minimum atomic E-state index is 0.110. The topological polar surface area (TPSA) is 62.3 Å². The van der Waals surface area contributed by atoms with Gasteiger partial charge in [-0.15, -0.1) is 0 Å². The average molecular weight is 275 g/mol. The molecule has 1 fully saturated rings. The summed E-state index contributed by atoms with van der Waals surface area (Å²) in [4.78, 5) is 2.47. The number of benzene rings is 1. The van der Waals surface area contributed by atoms with Crippen molar-refractivity contribution in [1.82, 2.24) is 4.90 Å². The standard InChI is InChI=1S/C16H25N3O/c1-3-12-6-8-19(9-7-12)11-14-10-13(16(17)18)4-5-15(14)20-2/h4-5,10,12H,3,6-9,11H2,1-2H3,(H3,17,18). The molecule has 1 aromatic rings. The summed E-state index contributed by atoms with van der Waals surface area (Å²) >= 11 is 0. The molecule has 20 heavy (non-hydrogen) atoms. The summed E-state index contributed by atoms with van der Waals surface area (Å²) in [6.07, 6.45) is 3.85. The van der Waals surface area contributed by atoms with Gasteiger partial charge in [-0.3, -0.25) is 10.3 Å². The van der Waals surface area contributed by atoms with Crippen molar-refractivity contribution in [2.24, 2.45) is 11.7 Å². The summed E-state index contributed by atoms with van der Waals surface area (Å²) in [7, 11) is 1.69. The van der Waals surface area contributed by atoms with E-state index in [9.17, 15) is 0 Å². The van der Waals surface area contributed by atoms with E-state index in [-0.39, 0.29) is 5.84 Å². The highest BCUT2D eigenvalue weighted by Gasteiger charge is 2.19. The molecule has 4 heteroatoms. The van der Waals surface area contributed by atoms with Crippen LogP contribution in [0.3, 0.4) is 0 Å². The first kappa shape index (κ1) is 14.9. The van der Waals surface area contributed by atoms with Crippen molar-refractivity contribution in [2.75, 3.05) is 20.2 Å². The number of nitrogens with two attached hydrogens (primary N) is 1. The Balaban J connectivity index is 2.08. The maximum absolute atomic E-state index is 7.55. The second-order valence-electron chi connectivity index (χ2n) is 5.57. The molecule has 0 aliphatic carbocycles. The van der Waals surface area contributed by atoms with Gasteiger partial charge in [-0.1, -0.05) is 13.3 Å². The molecule has 1 heterocycles. The van der Waals surface area contributed by atoms with Crippen LogP contribution in [0.25, 0.3) is 0 Å². The van der Waals surface area contributed by atoms with Gasteiger partial charge >= 0.3 is 0 Å². The van der Waals surface area contributed by atoms with Crippen LogP contribution in [-0.4, -0.2) is 30.9 Å². The molecule has 0 atom stereocenters. The van der Waals surface area contributed by atoms with Crippen LogP contribution in [0.5, 0.6) is 5.75 Å². The summed E-state index contributed by atoms with van der Waals surface area (Å²) in [5.41, 5.74) is 7.46. The smallest absolute Gasteiger partial charge is 0.123 e. The van der Waals surface area contributed by atoms with Gasteiger partial charge < -0.3 is 10.5 Å². The Hall–Kier alpha value is -1.55. The maximum atomic E-state index is 7.55. The van der Waals surface area contributed by atoms with Crippen molar-refractivity contribution in [1.29, 1.82) is 5.41 Å². The van der Waals surface area contributed by atoms with Crippen LogP contribution in [-0.2, 0) is 6.54 Å². The van der Waals surface area contributed by atoms with Gasteiger partial charge in [0.1, 0.15) is 11.6 Å². The maximum Gasteiger partial charge on any atom is 0.123 e. The van der Waals surface area contributed by atoms with Crippen molar-refractivity contribution < 1.29 is 4.74 Å². The minimum absolute atomic E-state index is 0.110. The van der Waals surface area contributed by atoms with Gasteiger partial charge in [-0.25, -0.2) is 0 Å². The third-order valence-electron chi connectivity index (χ3n) is 4.27. The largest absolute Gasteiger partial charge is 0.496 e. The van der Waals surface area contributed by atoms with Gasteiger partial charge in [0.25, 0.3) is 0 Å². The van der Waals surface area contributed by atoms with E-state index >= 15 is 0 Å². The molecule has 0 spiro atoms. The van der Waals surface area contributed by atoms with Gasteiger partial charge in [-0.2, -0.15) is 0 Å². The Labute approximate surface area is 121 Å². The Morgan fingerprint density at radius 3 is 2.65 bits per heavy atom. The molecule has 1 aliphatic heterocycles. The molecular weight excluding hydrogens is 250 g/mol. The number of rotatable bonds is 5. The molecule has 0 unspecified atom stereocenters. The number of ether oxygens (including phenoxy) is 1. The third kappa shape index (κ3) is 3.51. The molecule has 0 aromatic heterocycles. The zero-order valence-electron chi connectivity index (χ0n) is 12.5. The van der Waals surface area contributed by atoms with Crippen molar-refractivity contribution in [3.63, 3.8) is 0 Å². The number of piperidine rings is 1. The molecule has 110 valence electrons. The summed E-state index contributed by atoms with van der Waals surface area (Å²) < 4.78 is 5.43. The van der Waals surface area contributed by atoms with Crippen LogP contribution in [0.2, 0.25) is 0 Å². The molecule has 2 rings (SSSR count). The fourth-order valence-electron chi connectivity index (χ4n) is 2.86. The monoisotopic (exact) mass is 275 g/mol. The Bertz CT molecular complexity index is 465. The Morgan fingerprint density at radius 2 is 2.10 bits per heavy atom. The van der Waals surface area contributed by atoms with Crippen molar-refractivity contribution >= 4 is 5.84 Å². The minimum Gasteiger partial charge on any atom is -0.496 e. The van der Waals surface area contributed by atoms with Gasteiger partial charge in [-0.05, 0) is 50.0 Å². The number of hydrogen-bond donors (Lipinski definition) is 2. The Kier molecular flexibility index (Phi) is 5.01. The molecule has 1 saturated heterocycles. The quantitative estimate of drug-likeness (QED) is 0.641. The van der Waals surface area contributed by atoms with Crippen LogP contribution >= 0.6 is 0 Å². The van der Waals surface area contributed by atoms with Gasteiger partial charge in [0, 0.05) is 17.7 Å². The zero-order valence-corrected chi connectivity index (χ0v) is 12.5. The third-order valence-corrected chi connectivity index (χ3v) is 4.27. The van der Waals surface area contributed by atoms with Crippen LogP contribution in [0, 0.1) is 11.3 Å². The van der Waals surface area contributed by atoms with E-state index in [2.05, 4.69) is 11.8 Å². The molecule has 1 aliphatic rings. The lowest BCUT2D eigenvalue weighted by molar-refractivity contribution is 0.173. The highest BCUT2D eigenvalue weighted by molar-refractivity contribution is 5.95. The number of nitrogen functional groups attached to an aromatic ring is 1. The van der Waals surface area contributed by atoms with E-state index in [1.54, 1.807) is 7.11 Å². The fourth-order valence-corrected chi connectivity index (χ4v) is 2.86. The highest BCUT2D eigenvalue weighted by Crippen LogP contribution is 2.25. The van der Waals surface area contributed by atoms with Crippen LogP contribution in [0.1, 0.15) is 37.3 Å². The van der Waals surface area contributed by atoms with Gasteiger partial charge in [0.2, 0.25) is 0 Å². The summed E-state index contributed by atoms with van der Waals surface area (Å²) in [5, 5.41) is 7.55. The summed E-state index contributed by atoms with van der Waals surface area (Å²) in [6.45, 7) is 5.44. The molecule has 3 N–H and O–H groups in total. The van der Waals surface area contributed by atoms with Gasteiger partial charge in [0.15, 0.2) is 0 Å². The number of nitrogens with one attached hydrogen (secondary N) is 1. The van der Waals surface area contributed by atoms with E-state index in [0.29, 0.717) is 0 Å². The van der Waals surface area contributed by atoms with E-state index in [1.807, 2.05) is 18.2 Å². The SMILES string of the molecule is CCC1CCN(Cc2cc(C(=N)N)ccc2OC)CC1. The lowest BCUT2D eigenvalue weighted by Gasteiger charge is -2.31. The molecule has 0 bridgehead atoms. The average Bonchev–Trinajstić information content (AvgIpc) is 2.48. The van der Waals surface area contributed by atoms with Gasteiger partial charge in [0.05, 0.1) is 7.11 Å². The van der Waals surface area contributed by atoms with Crippen LogP contribution in [0.15, 0.2) is 18.2 Å². The number of amidine groups is 1. The molecule has 0 saturated carbocycles. The molecule has 1 aromatic carbocycles. The Morgan fingerprint density at radius 1 is 1.40 bits per heavy atom. The van der Waals surface area contributed by atoms with Crippen LogP contribution in [0.4, 0.5) is 0 Å². The van der Waals surface area contributed by atoms with E-state index in [1.165, 1.54) is 19.3 Å². The fraction of sp³-hybridized carbons (Fsp3) is 0.562. The predicted molar refractivity (Wildman–Crippen MR) is 82.3 cm³/mol. The number of hydrogen-bond acceptors (Lipinski definition) is 3. The van der Waals surface area contributed by atoms with E-state index in [0.717, 1.165) is 42.4 Å². The number of nitrogens with zero attached hydrogens (tertiary/aromatic N) is 1. The normalized spacial score (nSPS) is 17.1.